The van der Waals surface area contributed by atoms with Gasteiger partial charge in [-0.15, -0.1) is 11.3 Å². The van der Waals surface area contributed by atoms with Crippen LogP contribution in [0.1, 0.15) is 37.0 Å². The molecule has 19 heavy (non-hydrogen) atoms. The Morgan fingerprint density at radius 1 is 1.26 bits per heavy atom. The minimum atomic E-state index is -0.758. The number of rotatable bonds is 9. The van der Waals surface area contributed by atoms with E-state index in [1.54, 1.807) is 11.3 Å². The summed E-state index contributed by atoms with van der Waals surface area (Å²) in [7, 11) is 0. The molecular formula is C13H18BrNO3S. The van der Waals surface area contributed by atoms with Crippen LogP contribution in [0.5, 0.6) is 0 Å². The smallest absolute Gasteiger partial charge is 0.303 e. The van der Waals surface area contributed by atoms with Gasteiger partial charge in [-0.3, -0.25) is 9.59 Å². The fraction of sp³-hybridized carbons (Fsp3) is 0.538. The molecular weight excluding hydrogens is 330 g/mol. The molecule has 0 radical (unpaired) electrons. The molecule has 1 amide bonds. The molecule has 106 valence electrons. The fourth-order valence-electron chi connectivity index (χ4n) is 1.62. The highest BCUT2D eigenvalue weighted by atomic mass is 79.9. The van der Waals surface area contributed by atoms with E-state index in [4.69, 9.17) is 5.11 Å². The Kier molecular flexibility index (Phi) is 7.74. The van der Waals surface area contributed by atoms with Crippen molar-refractivity contribution in [2.24, 2.45) is 0 Å². The number of amides is 1. The second-order valence-electron chi connectivity index (χ2n) is 4.29. The van der Waals surface area contributed by atoms with Gasteiger partial charge in [0.15, 0.2) is 0 Å². The Morgan fingerprint density at radius 2 is 2.05 bits per heavy atom. The van der Waals surface area contributed by atoms with E-state index in [2.05, 4.69) is 21.2 Å². The summed E-state index contributed by atoms with van der Waals surface area (Å²) in [5.41, 5.74) is 0. The van der Waals surface area contributed by atoms with Gasteiger partial charge in [0.2, 0.25) is 5.91 Å². The molecule has 6 heteroatoms. The monoisotopic (exact) mass is 347 g/mol. The van der Waals surface area contributed by atoms with Gasteiger partial charge in [-0.2, -0.15) is 0 Å². The third-order valence-electron chi connectivity index (χ3n) is 2.61. The number of carboxylic acid groups (broad SMARTS) is 1. The summed E-state index contributed by atoms with van der Waals surface area (Å²) in [6.45, 7) is 0.632. The maximum atomic E-state index is 11.6. The van der Waals surface area contributed by atoms with Crippen molar-refractivity contribution in [3.63, 3.8) is 0 Å². The van der Waals surface area contributed by atoms with Gasteiger partial charge in [0.05, 0.1) is 0 Å². The number of aliphatic carboxylic acids is 1. The molecule has 2 N–H and O–H groups in total. The van der Waals surface area contributed by atoms with Crippen molar-refractivity contribution in [2.45, 2.75) is 38.5 Å². The zero-order valence-corrected chi connectivity index (χ0v) is 13.1. The topological polar surface area (TPSA) is 66.4 Å². The Bertz CT molecular complexity index is 420. The van der Waals surface area contributed by atoms with Gasteiger partial charge in [-0.25, -0.2) is 0 Å². The molecule has 0 atom stereocenters. The van der Waals surface area contributed by atoms with Crippen LogP contribution in [0.15, 0.2) is 15.9 Å². The highest BCUT2D eigenvalue weighted by molar-refractivity contribution is 9.10. The summed E-state index contributed by atoms with van der Waals surface area (Å²) in [6.07, 6.45) is 3.83. The molecule has 0 bridgehead atoms. The first-order valence-electron chi connectivity index (χ1n) is 6.29. The number of halogens is 1. The van der Waals surface area contributed by atoms with E-state index >= 15 is 0 Å². The number of hydrogen-bond donors (Lipinski definition) is 2. The Labute approximate surface area is 125 Å². The van der Waals surface area contributed by atoms with Crippen LogP contribution in [-0.2, 0) is 16.0 Å². The number of unbranched alkanes of at least 4 members (excludes halogenated alkanes) is 2. The summed E-state index contributed by atoms with van der Waals surface area (Å²) in [4.78, 5) is 23.0. The van der Waals surface area contributed by atoms with Crippen LogP contribution in [-0.4, -0.2) is 23.5 Å². The van der Waals surface area contributed by atoms with Crippen LogP contribution in [0.4, 0.5) is 0 Å². The first-order valence-corrected chi connectivity index (χ1v) is 7.96. The average Bonchev–Trinajstić information content (AvgIpc) is 2.76. The molecule has 0 aliphatic heterocycles. The predicted molar refractivity (Wildman–Crippen MR) is 79.5 cm³/mol. The molecule has 0 fully saturated rings. The van der Waals surface area contributed by atoms with Crippen LogP contribution < -0.4 is 5.32 Å². The number of nitrogens with one attached hydrogen (secondary N) is 1. The SMILES string of the molecule is O=C(O)CCCCCNC(=O)CCc1cc(Br)cs1. The van der Waals surface area contributed by atoms with E-state index in [1.807, 2.05) is 11.4 Å². The predicted octanol–water partition coefficient (Wildman–Crippen LogP) is 3.20. The largest absolute Gasteiger partial charge is 0.481 e. The lowest BCUT2D eigenvalue weighted by atomic mass is 10.2. The quantitative estimate of drug-likeness (QED) is 0.674. The highest BCUT2D eigenvalue weighted by Gasteiger charge is 2.04. The van der Waals surface area contributed by atoms with Gasteiger partial charge in [-0.1, -0.05) is 6.42 Å². The standard InChI is InChI=1S/C13H18BrNO3S/c14-10-8-11(19-9-10)5-6-12(16)15-7-3-1-2-4-13(17)18/h8-9H,1-7H2,(H,15,16)(H,17,18). The molecule has 0 aromatic carbocycles. The second kappa shape index (κ2) is 9.09. The van der Waals surface area contributed by atoms with Crippen LogP contribution in [0.25, 0.3) is 0 Å². The molecule has 1 aromatic heterocycles. The second-order valence-corrected chi connectivity index (χ2v) is 6.20. The molecule has 1 rings (SSSR count). The molecule has 0 saturated carbocycles. The van der Waals surface area contributed by atoms with Crippen molar-refractivity contribution < 1.29 is 14.7 Å². The number of aryl methyl sites for hydroxylation is 1. The van der Waals surface area contributed by atoms with Crippen molar-refractivity contribution in [1.29, 1.82) is 0 Å². The maximum absolute atomic E-state index is 11.6. The van der Waals surface area contributed by atoms with Crippen LogP contribution >= 0.6 is 27.3 Å². The normalized spacial score (nSPS) is 10.4. The number of thiophene rings is 1. The van der Waals surface area contributed by atoms with E-state index in [9.17, 15) is 9.59 Å². The van der Waals surface area contributed by atoms with E-state index in [-0.39, 0.29) is 12.3 Å². The lowest BCUT2D eigenvalue weighted by molar-refractivity contribution is -0.137. The third kappa shape index (κ3) is 8.00. The summed E-state index contributed by atoms with van der Waals surface area (Å²) < 4.78 is 1.06. The van der Waals surface area contributed by atoms with Gasteiger partial charge >= 0.3 is 5.97 Å². The minimum absolute atomic E-state index is 0.0581. The zero-order chi connectivity index (χ0) is 14.1. The first-order chi connectivity index (χ1) is 9.08. The van der Waals surface area contributed by atoms with Crippen molar-refractivity contribution in [2.75, 3.05) is 6.54 Å². The molecule has 0 unspecified atom stereocenters. The summed E-state index contributed by atoms with van der Waals surface area (Å²) in [5.74, 6) is -0.700. The van der Waals surface area contributed by atoms with Crippen molar-refractivity contribution in [1.82, 2.24) is 5.32 Å². The minimum Gasteiger partial charge on any atom is -0.481 e. The molecule has 0 saturated heterocycles. The van der Waals surface area contributed by atoms with Gasteiger partial charge in [0, 0.05) is 34.1 Å². The number of hydrogen-bond acceptors (Lipinski definition) is 3. The van der Waals surface area contributed by atoms with Crippen molar-refractivity contribution in [3.05, 3.63) is 20.8 Å². The van der Waals surface area contributed by atoms with Gasteiger partial charge in [-0.05, 0) is 41.3 Å². The number of carboxylic acids is 1. The lowest BCUT2D eigenvalue weighted by Gasteiger charge is -2.04. The first kappa shape index (κ1) is 16.2. The van der Waals surface area contributed by atoms with Crippen LogP contribution in [0.2, 0.25) is 0 Å². The highest BCUT2D eigenvalue weighted by Crippen LogP contribution is 2.20. The Morgan fingerprint density at radius 3 is 2.68 bits per heavy atom. The maximum Gasteiger partial charge on any atom is 0.303 e. The molecule has 0 spiro atoms. The van der Waals surface area contributed by atoms with E-state index < -0.39 is 5.97 Å². The summed E-state index contributed by atoms with van der Waals surface area (Å²) in [5, 5.41) is 13.3. The Balaban J connectivity index is 2.00. The molecule has 1 aromatic rings. The third-order valence-corrected chi connectivity index (χ3v) is 4.37. The molecule has 0 aliphatic carbocycles. The lowest BCUT2D eigenvalue weighted by Crippen LogP contribution is -2.24. The molecule has 4 nitrogen and oxygen atoms in total. The van der Waals surface area contributed by atoms with Gasteiger partial charge < -0.3 is 10.4 Å². The van der Waals surface area contributed by atoms with E-state index in [0.29, 0.717) is 19.4 Å². The average molecular weight is 348 g/mol. The Hall–Kier alpha value is -0.880. The zero-order valence-electron chi connectivity index (χ0n) is 10.7. The molecule has 1 heterocycles. The van der Waals surface area contributed by atoms with Crippen molar-refractivity contribution >= 4 is 39.1 Å². The summed E-state index contributed by atoms with van der Waals surface area (Å²) in [6, 6.07) is 2.03. The van der Waals surface area contributed by atoms with E-state index in [0.717, 1.165) is 23.7 Å². The fourth-order valence-corrected chi connectivity index (χ4v) is 3.07. The number of carbonyl (C=O) groups is 2. The van der Waals surface area contributed by atoms with Gasteiger partial charge in [0.1, 0.15) is 0 Å². The number of carbonyl (C=O) groups excluding carboxylic acids is 1. The van der Waals surface area contributed by atoms with Crippen LogP contribution in [0, 0.1) is 0 Å². The van der Waals surface area contributed by atoms with Crippen LogP contribution in [0.3, 0.4) is 0 Å². The molecule has 0 aliphatic rings. The van der Waals surface area contributed by atoms with E-state index in [1.165, 1.54) is 4.88 Å². The summed E-state index contributed by atoms with van der Waals surface area (Å²) >= 11 is 5.03. The van der Waals surface area contributed by atoms with Gasteiger partial charge in [0.25, 0.3) is 0 Å². The van der Waals surface area contributed by atoms with Crippen molar-refractivity contribution in [3.8, 4) is 0 Å².